The second-order valence-corrected chi connectivity index (χ2v) is 10.9. The summed E-state index contributed by atoms with van der Waals surface area (Å²) in [6, 6.07) is 3.28. The summed E-state index contributed by atoms with van der Waals surface area (Å²) in [7, 11) is 0. The van der Waals surface area contributed by atoms with Crippen LogP contribution in [0.4, 0.5) is 8.78 Å². The Morgan fingerprint density at radius 3 is 2.22 bits per heavy atom. The monoisotopic (exact) mass is 446 g/mol. The van der Waals surface area contributed by atoms with Crippen LogP contribution in [0.1, 0.15) is 96.8 Å². The number of unbranched alkanes of at least 4 members (excludes halogenated alkanes) is 2. The molecule has 3 fully saturated rings. The number of esters is 1. The lowest BCUT2D eigenvalue weighted by atomic mass is 9.60. The number of fused-ring (bicyclic) bond motifs is 1. The Morgan fingerprint density at radius 2 is 1.50 bits per heavy atom. The zero-order chi connectivity index (χ0) is 22.5. The molecule has 4 atom stereocenters. The molecular weight excluding hydrogens is 406 g/mol. The van der Waals surface area contributed by atoms with Gasteiger partial charge < -0.3 is 4.74 Å². The third-order valence-electron chi connectivity index (χ3n) is 8.86. The quantitative estimate of drug-likeness (QED) is 0.240. The van der Waals surface area contributed by atoms with Crippen LogP contribution in [0, 0.1) is 47.1 Å². The maximum atomic E-state index is 13.4. The van der Waals surface area contributed by atoms with Crippen LogP contribution in [0.15, 0.2) is 18.2 Å². The van der Waals surface area contributed by atoms with Gasteiger partial charge in [0.05, 0.1) is 5.92 Å². The summed E-state index contributed by atoms with van der Waals surface area (Å²) in [5, 5.41) is 0. The van der Waals surface area contributed by atoms with Gasteiger partial charge >= 0.3 is 5.97 Å². The molecule has 0 N–H and O–H groups in total. The number of carbonyl (C=O) groups is 1. The summed E-state index contributed by atoms with van der Waals surface area (Å²) in [4.78, 5) is 12.5. The molecule has 178 valence electrons. The Kier molecular flexibility index (Phi) is 8.23. The summed E-state index contributed by atoms with van der Waals surface area (Å²) in [6.45, 7) is 2.29. The molecule has 3 aliphatic carbocycles. The number of hydrogen-bond donors (Lipinski definition) is 0. The lowest BCUT2D eigenvalue weighted by molar-refractivity contribution is -0.140. The Balaban J connectivity index is 1.20. The van der Waals surface area contributed by atoms with Gasteiger partial charge in [0.2, 0.25) is 0 Å². The molecule has 1 aromatic rings. The number of carbonyl (C=O) groups excluding carboxylic acids is 1. The van der Waals surface area contributed by atoms with Crippen LogP contribution in [-0.2, 0) is 4.79 Å². The number of hydrogen-bond acceptors (Lipinski definition) is 2. The first-order valence-electron chi connectivity index (χ1n) is 13.2. The molecule has 0 saturated heterocycles. The van der Waals surface area contributed by atoms with Gasteiger partial charge in [-0.2, -0.15) is 0 Å². The van der Waals surface area contributed by atoms with Gasteiger partial charge in [-0.1, -0.05) is 39.0 Å². The highest BCUT2D eigenvalue weighted by atomic mass is 19.2. The molecule has 0 bridgehead atoms. The fraction of sp³-hybridized carbons (Fsp3) is 0.750. The van der Waals surface area contributed by atoms with Crippen molar-refractivity contribution in [2.24, 2.45) is 35.5 Å². The Labute approximate surface area is 192 Å². The van der Waals surface area contributed by atoms with Crippen LogP contribution < -0.4 is 4.74 Å². The van der Waals surface area contributed by atoms with Gasteiger partial charge in [0.15, 0.2) is 11.6 Å². The molecule has 0 aromatic heterocycles. The van der Waals surface area contributed by atoms with E-state index in [-0.39, 0.29) is 17.6 Å². The fourth-order valence-electron chi connectivity index (χ4n) is 6.96. The van der Waals surface area contributed by atoms with E-state index < -0.39 is 11.6 Å². The molecule has 4 rings (SSSR count). The van der Waals surface area contributed by atoms with Crippen molar-refractivity contribution in [2.75, 3.05) is 0 Å². The maximum Gasteiger partial charge on any atom is 0.314 e. The van der Waals surface area contributed by atoms with E-state index in [1.54, 1.807) is 0 Å². The molecule has 0 aliphatic heterocycles. The van der Waals surface area contributed by atoms with Gasteiger partial charge in [-0.05, 0) is 99.5 Å². The lowest BCUT2D eigenvalue weighted by Gasteiger charge is -2.45. The minimum atomic E-state index is -0.982. The van der Waals surface area contributed by atoms with Gasteiger partial charge in [-0.25, -0.2) is 8.78 Å². The molecule has 4 heteroatoms. The van der Waals surface area contributed by atoms with Crippen LogP contribution in [0.2, 0.25) is 0 Å². The van der Waals surface area contributed by atoms with E-state index in [2.05, 4.69) is 6.92 Å². The highest BCUT2D eigenvalue weighted by Gasteiger charge is 2.39. The molecule has 0 amide bonds. The predicted molar refractivity (Wildman–Crippen MR) is 123 cm³/mol. The molecule has 4 unspecified atom stereocenters. The summed E-state index contributed by atoms with van der Waals surface area (Å²) in [6.07, 6.45) is 18.0. The van der Waals surface area contributed by atoms with Crippen LogP contribution in [0.3, 0.4) is 0 Å². The lowest BCUT2D eigenvalue weighted by Crippen LogP contribution is -2.35. The van der Waals surface area contributed by atoms with Crippen molar-refractivity contribution < 1.29 is 18.3 Å². The number of rotatable bonds is 7. The molecular formula is C28H40F2O2. The van der Waals surface area contributed by atoms with Crippen LogP contribution in [-0.4, -0.2) is 5.97 Å². The van der Waals surface area contributed by atoms with Crippen molar-refractivity contribution in [1.29, 1.82) is 0 Å². The summed E-state index contributed by atoms with van der Waals surface area (Å²) in [5.41, 5.74) is 0. The molecule has 2 nitrogen and oxygen atoms in total. The maximum absolute atomic E-state index is 13.4. The van der Waals surface area contributed by atoms with Crippen LogP contribution in [0.25, 0.3) is 0 Å². The number of halogens is 2. The normalized spacial score (nSPS) is 32.8. The minimum Gasteiger partial charge on any atom is -0.426 e. The smallest absolute Gasteiger partial charge is 0.314 e. The molecule has 0 spiro atoms. The van der Waals surface area contributed by atoms with E-state index >= 15 is 0 Å². The van der Waals surface area contributed by atoms with E-state index in [0.29, 0.717) is 0 Å². The third-order valence-corrected chi connectivity index (χ3v) is 8.86. The second-order valence-electron chi connectivity index (χ2n) is 10.9. The zero-order valence-electron chi connectivity index (χ0n) is 19.7. The third kappa shape index (κ3) is 5.91. The van der Waals surface area contributed by atoms with Gasteiger partial charge in [0, 0.05) is 6.07 Å². The van der Waals surface area contributed by atoms with E-state index in [0.717, 1.165) is 67.4 Å². The van der Waals surface area contributed by atoms with Crippen molar-refractivity contribution in [3.8, 4) is 5.75 Å². The van der Waals surface area contributed by atoms with E-state index in [1.165, 1.54) is 70.3 Å². The van der Waals surface area contributed by atoms with Crippen molar-refractivity contribution >= 4 is 5.97 Å². The topological polar surface area (TPSA) is 26.3 Å². The molecule has 1 aromatic carbocycles. The SMILES string of the molecule is CCCCCC1CCC2CC(C3CCC(C(=O)Oc4ccc(F)c(F)c4)CC3)CCC2C1. The fourth-order valence-corrected chi connectivity index (χ4v) is 6.96. The first kappa shape index (κ1) is 23.7. The standard InChI is InChI=1S/C28H40F2O2/c1-2-3-4-5-19-6-7-24-17-23(13-12-22(24)16-19)20-8-10-21(11-9-20)28(31)32-25-14-15-26(29)27(30)18-25/h14-15,18-24H,2-13,16-17H2,1H3. The number of ether oxygens (including phenoxy) is 1. The van der Waals surface area contributed by atoms with E-state index in [1.807, 2.05) is 0 Å². The van der Waals surface area contributed by atoms with Crippen molar-refractivity contribution in [2.45, 2.75) is 96.8 Å². The summed E-state index contributed by atoms with van der Waals surface area (Å²) in [5.74, 6) is 2.24. The Bertz CT molecular complexity index is 756. The summed E-state index contributed by atoms with van der Waals surface area (Å²) < 4.78 is 31.8. The van der Waals surface area contributed by atoms with E-state index in [9.17, 15) is 13.6 Å². The van der Waals surface area contributed by atoms with Gasteiger partial charge in [0.1, 0.15) is 5.75 Å². The average Bonchev–Trinajstić information content (AvgIpc) is 2.81. The minimum absolute atomic E-state index is 0.0969. The predicted octanol–water partition coefficient (Wildman–Crippen LogP) is 8.09. The van der Waals surface area contributed by atoms with Crippen molar-refractivity contribution in [3.05, 3.63) is 29.8 Å². The van der Waals surface area contributed by atoms with Crippen LogP contribution >= 0.6 is 0 Å². The molecule has 0 radical (unpaired) electrons. The average molecular weight is 447 g/mol. The first-order chi connectivity index (χ1) is 15.5. The second kappa shape index (κ2) is 11.1. The molecule has 32 heavy (non-hydrogen) atoms. The highest BCUT2D eigenvalue weighted by Crippen LogP contribution is 2.49. The summed E-state index contributed by atoms with van der Waals surface area (Å²) >= 11 is 0. The largest absolute Gasteiger partial charge is 0.426 e. The molecule has 0 heterocycles. The van der Waals surface area contributed by atoms with Crippen LogP contribution in [0.5, 0.6) is 5.75 Å². The highest BCUT2D eigenvalue weighted by molar-refractivity contribution is 5.75. The molecule has 3 aliphatic rings. The zero-order valence-corrected chi connectivity index (χ0v) is 19.7. The van der Waals surface area contributed by atoms with E-state index in [4.69, 9.17) is 4.74 Å². The Morgan fingerprint density at radius 1 is 0.844 bits per heavy atom. The molecule has 3 saturated carbocycles. The van der Waals surface area contributed by atoms with Crippen molar-refractivity contribution in [1.82, 2.24) is 0 Å². The number of benzene rings is 1. The van der Waals surface area contributed by atoms with Gasteiger partial charge in [0.25, 0.3) is 0 Å². The first-order valence-corrected chi connectivity index (χ1v) is 13.2. The van der Waals surface area contributed by atoms with Crippen molar-refractivity contribution in [3.63, 3.8) is 0 Å². The van der Waals surface area contributed by atoms with Gasteiger partial charge in [-0.3, -0.25) is 4.79 Å². The Hall–Kier alpha value is -1.45. The van der Waals surface area contributed by atoms with Gasteiger partial charge in [-0.15, -0.1) is 0 Å².